The molecule has 1 aromatic rings. The lowest BCUT2D eigenvalue weighted by Crippen LogP contribution is -2.46. The number of hydrogen-bond donors (Lipinski definition) is 2. The maximum Gasteiger partial charge on any atom is 0.242 e. The molecular formula is C12H16Br2N2O3S. The third-order valence-corrected chi connectivity index (χ3v) is 5.37. The molecule has 0 saturated heterocycles. The van der Waals surface area contributed by atoms with Crippen molar-refractivity contribution in [3.63, 3.8) is 0 Å². The number of amides is 1. The molecule has 112 valence electrons. The summed E-state index contributed by atoms with van der Waals surface area (Å²) in [5.74, 6) is -0.366. The molecule has 0 aromatic heterocycles. The molecule has 8 heteroatoms. The number of nitrogens with one attached hydrogen (secondary N) is 2. The summed E-state index contributed by atoms with van der Waals surface area (Å²) in [6.45, 7) is 5.12. The number of rotatable bonds is 5. The first-order chi connectivity index (χ1) is 9.13. The van der Waals surface area contributed by atoms with Gasteiger partial charge in [0.2, 0.25) is 15.9 Å². The van der Waals surface area contributed by atoms with Crippen molar-refractivity contribution in [2.45, 2.75) is 37.8 Å². The lowest BCUT2D eigenvalue weighted by Gasteiger charge is -2.16. The molecule has 1 atom stereocenters. The molecule has 0 bridgehead atoms. The van der Waals surface area contributed by atoms with E-state index in [1.807, 2.05) is 13.8 Å². The summed E-state index contributed by atoms with van der Waals surface area (Å²) in [6, 6.07) is 3.91. The zero-order valence-corrected chi connectivity index (χ0v) is 15.3. The molecule has 0 saturated carbocycles. The highest BCUT2D eigenvalue weighted by Gasteiger charge is 2.24. The zero-order chi connectivity index (χ0) is 15.5. The van der Waals surface area contributed by atoms with Crippen molar-refractivity contribution in [2.75, 3.05) is 0 Å². The van der Waals surface area contributed by atoms with Crippen molar-refractivity contribution < 1.29 is 13.2 Å². The minimum atomic E-state index is -3.78. The molecular weight excluding hydrogens is 412 g/mol. The van der Waals surface area contributed by atoms with Crippen LogP contribution in [0.2, 0.25) is 0 Å². The molecule has 2 N–H and O–H groups in total. The first kappa shape index (κ1) is 17.6. The summed E-state index contributed by atoms with van der Waals surface area (Å²) in [5, 5.41) is 2.66. The van der Waals surface area contributed by atoms with E-state index in [4.69, 9.17) is 0 Å². The fourth-order valence-corrected chi connectivity index (χ4v) is 4.15. The van der Waals surface area contributed by atoms with Crippen molar-refractivity contribution in [3.8, 4) is 0 Å². The Bertz CT molecular complexity index is 603. The van der Waals surface area contributed by atoms with Gasteiger partial charge in [0.15, 0.2) is 0 Å². The van der Waals surface area contributed by atoms with E-state index >= 15 is 0 Å². The average molecular weight is 428 g/mol. The Balaban J connectivity index is 2.95. The molecule has 0 fully saturated rings. The van der Waals surface area contributed by atoms with E-state index in [0.717, 1.165) is 0 Å². The van der Waals surface area contributed by atoms with Gasteiger partial charge >= 0.3 is 0 Å². The Morgan fingerprint density at radius 1 is 1.20 bits per heavy atom. The summed E-state index contributed by atoms with van der Waals surface area (Å²) in [5.41, 5.74) is 0. The van der Waals surface area contributed by atoms with Gasteiger partial charge in [-0.15, -0.1) is 0 Å². The quantitative estimate of drug-likeness (QED) is 0.757. The minimum absolute atomic E-state index is 0.0490. The van der Waals surface area contributed by atoms with Crippen LogP contribution in [0.15, 0.2) is 32.0 Å². The molecule has 0 aliphatic rings. The van der Waals surface area contributed by atoms with E-state index in [1.165, 1.54) is 13.0 Å². The van der Waals surface area contributed by atoms with Gasteiger partial charge in [0, 0.05) is 15.0 Å². The van der Waals surface area contributed by atoms with E-state index in [9.17, 15) is 13.2 Å². The second kappa shape index (κ2) is 7.02. The molecule has 1 amide bonds. The monoisotopic (exact) mass is 426 g/mol. The van der Waals surface area contributed by atoms with E-state index < -0.39 is 16.1 Å². The Kier molecular flexibility index (Phi) is 6.18. The number of carbonyl (C=O) groups is 1. The first-order valence-electron chi connectivity index (χ1n) is 5.91. The fourth-order valence-electron chi connectivity index (χ4n) is 1.44. The van der Waals surface area contributed by atoms with Crippen molar-refractivity contribution in [1.82, 2.24) is 10.0 Å². The predicted molar refractivity (Wildman–Crippen MR) is 84.9 cm³/mol. The highest BCUT2D eigenvalue weighted by Crippen LogP contribution is 2.25. The molecule has 1 rings (SSSR count). The van der Waals surface area contributed by atoms with E-state index in [2.05, 4.69) is 41.9 Å². The van der Waals surface area contributed by atoms with Crippen LogP contribution in [0.5, 0.6) is 0 Å². The van der Waals surface area contributed by atoms with Crippen LogP contribution < -0.4 is 10.0 Å². The van der Waals surface area contributed by atoms with Gasteiger partial charge in [-0.25, -0.2) is 8.42 Å². The topological polar surface area (TPSA) is 75.3 Å². The fraction of sp³-hybridized carbons (Fsp3) is 0.417. The Labute approximate surface area is 135 Å². The molecule has 20 heavy (non-hydrogen) atoms. The van der Waals surface area contributed by atoms with E-state index in [-0.39, 0.29) is 16.8 Å². The molecule has 0 heterocycles. The van der Waals surface area contributed by atoms with Gasteiger partial charge in [0.1, 0.15) is 0 Å². The second-order valence-corrected chi connectivity index (χ2v) is 8.03. The third kappa shape index (κ3) is 4.83. The highest BCUT2D eigenvalue weighted by atomic mass is 79.9. The Morgan fingerprint density at radius 2 is 1.80 bits per heavy atom. The Hall–Kier alpha value is -0.440. The molecule has 5 nitrogen and oxygen atoms in total. The number of halogens is 2. The van der Waals surface area contributed by atoms with Gasteiger partial charge in [-0.1, -0.05) is 15.9 Å². The van der Waals surface area contributed by atoms with Crippen molar-refractivity contribution >= 4 is 47.8 Å². The van der Waals surface area contributed by atoms with Crippen LogP contribution in [0.25, 0.3) is 0 Å². The number of sulfonamides is 1. The summed E-state index contributed by atoms with van der Waals surface area (Å²) in [7, 11) is -3.78. The van der Waals surface area contributed by atoms with E-state index in [1.54, 1.807) is 12.1 Å². The normalized spacial score (nSPS) is 13.3. The molecule has 1 aromatic carbocycles. The van der Waals surface area contributed by atoms with Crippen molar-refractivity contribution in [2.24, 2.45) is 0 Å². The largest absolute Gasteiger partial charge is 0.353 e. The van der Waals surface area contributed by atoms with Crippen LogP contribution in [0.4, 0.5) is 0 Å². The summed E-state index contributed by atoms with van der Waals surface area (Å²) in [4.78, 5) is 11.8. The summed E-state index contributed by atoms with van der Waals surface area (Å²) in [6.07, 6.45) is 0. The van der Waals surface area contributed by atoms with Gasteiger partial charge in [-0.05, 0) is 54.9 Å². The van der Waals surface area contributed by atoms with E-state index in [0.29, 0.717) is 8.95 Å². The first-order valence-corrected chi connectivity index (χ1v) is 8.98. The molecule has 0 aliphatic heterocycles. The van der Waals surface area contributed by atoms with Crippen LogP contribution in [0, 0.1) is 0 Å². The maximum absolute atomic E-state index is 12.3. The molecule has 0 radical (unpaired) electrons. The van der Waals surface area contributed by atoms with Crippen LogP contribution in [0.1, 0.15) is 20.8 Å². The van der Waals surface area contributed by atoms with Crippen molar-refractivity contribution in [3.05, 3.63) is 27.1 Å². The predicted octanol–water partition coefficient (Wildman–Crippen LogP) is 2.40. The summed E-state index contributed by atoms with van der Waals surface area (Å²) >= 11 is 6.42. The summed E-state index contributed by atoms with van der Waals surface area (Å²) < 4.78 is 28.0. The number of carbonyl (C=O) groups excluding carboxylic acids is 1. The minimum Gasteiger partial charge on any atom is -0.353 e. The van der Waals surface area contributed by atoms with Crippen LogP contribution in [0.3, 0.4) is 0 Å². The lowest BCUT2D eigenvalue weighted by molar-refractivity contribution is -0.122. The maximum atomic E-state index is 12.3. The third-order valence-electron chi connectivity index (χ3n) is 2.34. The van der Waals surface area contributed by atoms with Crippen LogP contribution in [-0.4, -0.2) is 26.4 Å². The van der Waals surface area contributed by atoms with Gasteiger partial charge < -0.3 is 5.32 Å². The van der Waals surface area contributed by atoms with Crippen LogP contribution >= 0.6 is 31.9 Å². The lowest BCUT2D eigenvalue weighted by atomic mass is 10.3. The molecule has 0 spiro atoms. The van der Waals surface area contributed by atoms with Gasteiger partial charge in [-0.2, -0.15) is 4.72 Å². The SMILES string of the molecule is CC(C)NC(=O)C(C)NS(=O)(=O)c1cc(Br)ccc1Br. The highest BCUT2D eigenvalue weighted by molar-refractivity contribution is 9.11. The molecule has 0 aliphatic carbocycles. The van der Waals surface area contributed by atoms with Gasteiger partial charge in [-0.3, -0.25) is 4.79 Å². The zero-order valence-electron chi connectivity index (χ0n) is 11.3. The molecule has 1 unspecified atom stereocenters. The van der Waals surface area contributed by atoms with Crippen LogP contribution in [-0.2, 0) is 14.8 Å². The average Bonchev–Trinajstić information content (AvgIpc) is 2.30. The number of benzene rings is 1. The number of hydrogen-bond acceptors (Lipinski definition) is 3. The standard InChI is InChI=1S/C12H16Br2N2O3S/c1-7(2)15-12(17)8(3)16-20(18,19)11-6-9(13)4-5-10(11)14/h4-8,16H,1-3H3,(H,15,17). The van der Waals surface area contributed by atoms with Gasteiger partial charge in [0.05, 0.1) is 10.9 Å². The van der Waals surface area contributed by atoms with Crippen molar-refractivity contribution in [1.29, 1.82) is 0 Å². The Morgan fingerprint density at radius 3 is 2.35 bits per heavy atom. The second-order valence-electron chi connectivity index (χ2n) is 4.58. The van der Waals surface area contributed by atoms with Gasteiger partial charge in [0.25, 0.3) is 0 Å². The smallest absolute Gasteiger partial charge is 0.242 e.